The van der Waals surface area contributed by atoms with Crippen LogP contribution in [0, 0.1) is 6.92 Å². The number of carbonyl (C=O) groups excluding carboxylic acids is 1. The van der Waals surface area contributed by atoms with Gasteiger partial charge in [-0.05, 0) is 20.3 Å². The molecule has 2 N–H and O–H groups in total. The van der Waals surface area contributed by atoms with E-state index in [1.807, 2.05) is 6.92 Å². The molecular weight excluding hydrogens is 354 g/mol. The van der Waals surface area contributed by atoms with E-state index in [4.69, 9.17) is 4.74 Å². The Labute approximate surface area is 154 Å². The summed E-state index contributed by atoms with van der Waals surface area (Å²) in [5.41, 5.74) is -0.248. The number of nitrogens with zero attached hydrogens (tertiary/aromatic N) is 2. The van der Waals surface area contributed by atoms with E-state index in [1.54, 1.807) is 38.7 Å². The zero-order valence-corrected chi connectivity index (χ0v) is 15.9. The maximum atomic E-state index is 12.6. The van der Waals surface area contributed by atoms with Crippen molar-refractivity contribution in [1.29, 1.82) is 0 Å². The largest absolute Gasteiger partial charge is 0.462 e. The molecule has 1 atom stereocenters. The van der Waals surface area contributed by atoms with Crippen LogP contribution in [0.5, 0.6) is 0 Å². The van der Waals surface area contributed by atoms with Gasteiger partial charge in [0.25, 0.3) is 5.56 Å². The number of rotatable bonds is 5. The fraction of sp³-hybridized carbons (Fsp3) is 0.389. The first-order valence-corrected chi connectivity index (χ1v) is 9.18. The third-order valence-electron chi connectivity index (χ3n) is 4.33. The minimum Gasteiger partial charge on any atom is -0.462 e. The Bertz CT molecular complexity index is 1020. The number of aliphatic hydroxyl groups is 1. The van der Waals surface area contributed by atoms with Crippen LogP contribution in [0.4, 0.5) is 0 Å². The van der Waals surface area contributed by atoms with Gasteiger partial charge in [-0.2, -0.15) is 0 Å². The number of fused-ring (bicyclic) bond motifs is 1. The number of hydrogen-bond donors (Lipinski definition) is 2. The van der Waals surface area contributed by atoms with Crippen molar-refractivity contribution in [3.05, 3.63) is 50.0 Å². The van der Waals surface area contributed by atoms with E-state index in [-0.39, 0.29) is 23.2 Å². The average Bonchev–Trinajstić information content (AvgIpc) is 3.24. The van der Waals surface area contributed by atoms with Crippen LogP contribution in [-0.4, -0.2) is 32.2 Å². The Morgan fingerprint density at radius 1 is 1.50 bits per heavy atom. The average molecular weight is 375 g/mol. The molecule has 0 radical (unpaired) electrons. The van der Waals surface area contributed by atoms with Gasteiger partial charge >= 0.3 is 5.97 Å². The van der Waals surface area contributed by atoms with Gasteiger partial charge in [-0.25, -0.2) is 9.78 Å². The predicted octanol–water partition coefficient (Wildman–Crippen LogP) is 2.45. The molecule has 0 spiro atoms. The Balaban J connectivity index is 2.34. The molecule has 0 aliphatic rings. The van der Waals surface area contributed by atoms with E-state index in [9.17, 15) is 14.7 Å². The molecule has 0 aromatic carbocycles. The molecule has 3 heterocycles. The van der Waals surface area contributed by atoms with E-state index in [0.717, 1.165) is 0 Å². The second kappa shape index (κ2) is 6.69. The molecule has 3 aromatic heterocycles. The van der Waals surface area contributed by atoms with E-state index >= 15 is 0 Å². The van der Waals surface area contributed by atoms with Gasteiger partial charge in [0, 0.05) is 41.5 Å². The van der Waals surface area contributed by atoms with Crippen LogP contribution >= 0.6 is 11.3 Å². The number of carbonyl (C=O) groups is 1. The number of hydrogen-bond acceptors (Lipinski definition) is 6. The summed E-state index contributed by atoms with van der Waals surface area (Å²) in [7, 11) is 1.61. The van der Waals surface area contributed by atoms with E-state index < -0.39 is 11.6 Å². The summed E-state index contributed by atoms with van der Waals surface area (Å²) >= 11 is 1.30. The number of esters is 1. The number of pyridine rings is 1. The van der Waals surface area contributed by atoms with Gasteiger partial charge < -0.3 is 19.4 Å². The van der Waals surface area contributed by atoms with Crippen molar-refractivity contribution < 1.29 is 14.6 Å². The van der Waals surface area contributed by atoms with Crippen LogP contribution in [-0.2, 0) is 17.4 Å². The second-order valence-electron chi connectivity index (χ2n) is 6.38. The first kappa shape index (κ1) is 18.3. The van der Waals surface area contributed by atoms with Crippen molar-refractivity contribution in [2.24, 2.45) is 7.05 Å². The summed E-state index contributed by atoms with van der Waals surface area (Å²) in [5, 5.41) is 13.8. The van der Waals surface area contributed by atoms with Crippen molar-refractivity contribution in [2.45, 2.75) is 32.8 Å². The molecule has 3 rings (SSSR count). The van der Waals surface area contributed by atoms with Crippen LogP contribution in [0.25, 0.3) is 10.9 Å². The molecule has 0 amide bonds. The number of aryl methyl sites for hydroxylation is 2. The number of aromatic amines is 1. The van der Waals surface area contributed by atoms with Crippen LogP contribution in [0.3, 0.4) is 0 Å². The van der Waals surface area contributed by atoms with E-state index in [0.29, 0.717) is 28.1 Å². The minimum atomic E-state index is -1.47. The summed E-state index contributed by atoms with van der Waals surface area (Å²) in [4.78, 5) is 32.4. The van der Waals surface area contributed by atoms with Crippen LogP contribution in [0.1, 0.15) is 46.9 Å². The SMILES string of the molecule is CCCOC(=O)c1c(C)[nH]c2c(=O)n(C)cc(C(C)(O)c3nccs3)c12. The molecule has 3 aromatic rings. The molecule has 0 saturated heterocycles. The molecule has 138 valence electrons. The van der Waals surface area contributed by atoms with Crippen molar-refractivity contribution in [1.82, 2.24) is 14.5 Å². The quantitative estimate of drug-likeness (QED) is 0.668. The zero-order chi connectivity index (χ0) is 19.1. The lowest BCUT2D eigenvalue weighted by atomic mass is 9.93. The Kier molecular flexibility index (Phi) is 4.72. The summed E-state index contributed by atoms with van der Waals surface area (Å²) in [6.07, 6.45) is 3.85. The highest BCUT2D eigenvalue weighted by Gasteiger charge is 2.34. The molecule has 0 fully saturated rings. The van der Waals surface area contributed by atoms with Gasteiger partial charge in [-0.3, -0.25) is 4.79 Å². The highest BCUT2D eigenvalue weighted by molar-refractivity contribution is 7.09. The van der Waals surface area contributed by atoms with E-state index in [1.165, 1.54) is 15.9 Å². The second-order valence-corrected chi connectivity index (χ2v) is 7.27. The van der Waals surface area contributed by atoms with Crippen molar-refractivity contribution in [3.63, 3.8) is 0 Å². The third-order valence-corrected chi connectivity index (χ3v) is 5.31. The summed E-state index contributed by atoms with van der Waals surface area (Å²) in [5.74, 6) is -0.514. The zero-order valence-electron chi connectivity index (χ0n) is 15.1. The van der Waals surface area contributed by atoms with Gasteiger partial charge in [0.05, 0.1) is 12.2 Å². The van der Waals surface area contributed by atoms with Gasteiger partial charge in [-0.1, -0.05) is 6.92 Å². The third kappa shape index (κ3) is 2.85. The molecule has 26 heavy (non-hydrogen) atoms. The standard InChI is InChI=1S/C18H21N3O4S/c1-5-7-25-16(23)12-10(2)20-14-13(12)11(9-21(4)15(14)22)18(3,24)17-19-6-8-26-17/h6,8-9,20,24H,5,7H2,1-4H3. The molecular formula is C18H21N3O4S. The van der Waals surface area contributed by atoms with Crippen LogP contribution < -0.4 is 5.56 Å². The molecule has 7 nitrogen and oxygen atoms in total. The lowest BCUT2D eigenvalue weighted by Crippen LogP contribution is -2.27. The van der Waals surface area contributed by atoms with Crippen molar-refractivity contribution in [2.75, 3.05) is 6.61 Å². The topological polar surface area (TPSA) is 97.2 Å². The number of thiazole rings is 1. The molecule has 8 heteroatoms. The van der Waals surface area contributed by atoms with E-state index in [2.05, 4.69) is 9.97 Å². The van der Waals surface area contributed by atoms with Crippen molar-refractivity contribution in [3.8, 4) is 0 Å². The maximum Gasteiger partial charge on any atom is 0.340 e. The summed E-state index contributed by atoms with van der Waals surface area (Å²) < 4.78 is 6.68. The lowest BCUT2D eigenvalue weighted by molar-refractivity contribution is 0.0506. The number of aromatic nitrogens is 3. The number of nitrogens with one attached hydrogen (secondary N) is 1. The molecule has 1 unspecified atom stereocenters. The molecule has 0 saturated carbocycles. The predicted molar refractivity (Wildman–Crippen MR) is 99.6 cm³/mol. The fourth-order valence-corrected chi connectivity index (χ4v) is 3.73. The number of H-pyrrole nitrogens is 1. The normalized spacial score (nSPS) is 13.7. The van der Waals surface area contributed by atoms with Gasteiger partial charge in [0.2, 0.25) is 0 Å². The van der Waals surface area contributed by atoms with Gasteiger partial charge in [-0.15, -0.1) is 11.3 Å². The first-order valence-electron chi connectivity index (χ1n) is 8.30. The summed E-state index contributed by atoms with van der Waals surface area (Å²) in [6.45, 7) is 5.51. The highest BCUT2D eigenvalue weighted by atomic mass is 32.1. The van der Waals surface area contributed by atoms with Gasteiger partial charge in [0.1, 0.15) is 16.1 Å². The Hall–Kier alpha value is -2.45. The highest BCUT2D eigenvalue weighted by Crippen LogP contribution is 2.36. The first-order chi connectivity index (χ1) is 12.3. The molecule has 0 aliphatic heterocycles. The van der Waals surface area contributed by atoms with Crippen molar-refractivity contribution >= 4 is 28.2 Å². The summed E-state index contributed by atoms with van der Waals surface area (Å²) in [6, 6.07) is 0. The Morgan fingerprint density at radius 3 is 2.85 bits per heavy atom. The molecule has 0 aliphatic carbocycles. The fourth-order valence-electron chi connectivity index (χ4n) is 3.02. The Morgan fingerprint density at radius 2 is 2.23 bits per heavy atom. The lowest BCUT2D eigenvalue weighted by Gasteiger charge is -2.23. The number of ether oxygens (including phenoxy) is 1. The van der Waals surface area contributed by atoms with Crippen LogP contribution in [0.15, 0.2) is 22.6 Å². The van der Waals surface area contributed by atoms with Crippen LogP contribution in [0.2, 0.25) is 0 Å². The smallest absolute Gasteiger partial charge is 0.340 e. The minimum absolute atomic E-state index is 0.266. The monoisotopic (exact) mass is 375 g/mol. The molecule has 0 bridgehead atoms. The van der Waals surface area contributed by atoms with Gasteiger partial charge in [0.15, 0.2) is 0 Å². The maximum absolute atomic E-state index is 12.6.